The van der Waals surface area contributed by atoms with E-state index >= 15 is 0 Å². The fourth-order valence-corrected chi connectivity index (χ4v) is 6.73. The number of nitrogens with one attached hydrogen (secondary N) is 1. The number of nitrogen functional groups attached to an aromatic ring is 1. The number of carbonyl (C=O) groups excluding carboxylic acids is 4. The van der Waals surface area contributed by atoms with Gasteiger partial charge in [0.05, 0.1) is 23.6 Å². The highest BCUT2D eigenvalue weighted by molar-refractivity contribution is 7.52. The van der Waals surface area contributed by atoms with E-state index in [0.717, 1.165) is 0 Å². The zero-order valence-electron chi connectivity index (χ0n) is 31.5. The number of aromatic nitrogens is 3. The predicted molar refractivity (Wildman–Crippen MR) is 191 cm³/mol. The van der Waals surface area contributed by atoms with Crippen molar-refractivity contribution >= 4 is 42.9 Å². The van der Waals surface area contributed by atoms with Crippen molar-refractivity contribution in [2.24, 2.45) is 11.8 Å². The van der Waals surface area contributed by atoms with E-state index in [-0.39, 0.29) is 23.2 Å². The van der Waals surface area contributed by atoms with Gasteiger partial charge in [0.2, 0.25) is 5.60 Å². The van der Waals surface area contributed by atoms with Crippen LogP contribution in [0.5, 0.6) is 5.75 Å². The van der Waals surface area contributed by atoms with Gasteiger partial charge in [-0.05, 0) is 57.2 Å². The van der Waals surface area contributed by atoms with Crippen LogP contribution in [0.15, 0.2) is 42.7 Å². The third kappa shape index (κ3) is 9.34. The largest absolute Gasteiger partial charge is 0.462 e. The summed E-state index contributed by atoms with van der Waals surface area (Å²) in [5, 5.41) is 17.6. The molecule has 1 saturated heterocycles. The molecule has 54 heavy (non-hydrogen) atoms. The van der Waals surface area contributed by atoms with Crippen LogP contribution in [0.25, 0.3) is 5.52 Å². The minimum absolute atomic E-state index is 0.0368. The Morgan fingerprint density at radius 2 is 1.63 bits per heavy atom. The van der Waals surface area contributed by atoms with E-state index in [9.17, 15) is 29.0 Å². The predicted octanol–water partition coefficient (Wildman–Crippen LogP) is 3.62. The van der Waals surface area contributed by atoms with Gasteiger partial charge in [0, 0.05) is 19.7 Å². The van der Waals surface area contributed by atoms with Gasteiger partial charge in [0.25, 0.3) is 5.91 Å². The second-order valence-corrected chi connectivity index (χ2v) is 15.4. The highest BCUT2D eigenvalue weighted by Crippen LogP contribution is 2.50. The lowest BCUT2D eigenvalue weighted by Gasteiger charge is -2.31. The van der Waals surface area contributed by atoms with Crippen LogP contribution < -0.4 is 15.3 Å². The number of carbonyl (C=O) groups is 4. The summed E-state index contributed by atoms with van der Waals surface area (Å²) < 4.78 is 51.1. The second kappa shape index (κ2) is 16.9. The molecular formula is C35H46N7O11P. The highest BCUT2D eigenvalue weighted by atomic mass is 31.2. The van der Waals surface area contributed by atoms with Crippen molar-refractivity contribution in [3.05, 3.63) is 54.0 Å². The molecule has 3 N–H and O–H groups in total. The Hall–Kier alpha value is -5.08. The molecular weight excluding hydrogens is 725 g/mol. The van der Waals surface area contributed by atoms with Crippen LogP contribution in [-0.2, 0) is 42.4 Å². The Labute approximate surface area is 312 Å². The molecule has 292 valence electrons. The topological polar surface area (TPSA) is 236 Å². The molecule has 3 aromatic rings. The summed E-state index contributed by atoms with van der Waals surface area (Å²) in [7, 11) is -1.53. The molecule has 1 amide bonds. The summed E-state index contributed by atoms with van der Waals surface area (Å²) in [5.74, 6) is -3.82. The van der Waals surface area contributed by atoms with E-state index in [1.165, 1.54) is 46.9 Å². The number of benzene rings is 1. The zero-order chi connectivity index (χ0) is 40.1. The number of esters is 3. The number of nitrogens with two attached hydrogens (primary N) is 1. The minimum Gasteiger partial charge on any atom is -0.462 e. The average molecular weight is 772 g/mol. The molecule has 4 rings (SSSR count). The second-order valence-electron chi connectivity index (χ2n) is 13.7. The number of nitrogens with zero attached hydrogens (tertiary/aromatic N) is 5. The molecule has 6 atom stereocenters. The molecule has 2 aromatic heterocycles. The fraction of sp³-hybridized carbons (Fsp3) is 0.514. The number of hydrogen-bond acceptors (Lipinski definition) is 15. The van der Waals surface area contributed by atoms with Crippen molar-refractivity contribution in [2.45, 2.75) is 84.5 Å². The lowest BCUT2D eigenvalue weighted by atomic mass is 9.95. The van der Waals surface area contributed by atoms with E-state index in [2.05, 4.69) is 15.2 Å². The molecule has 0 aliphatic carbocycles. The SMILES string of the molecule is CC(C)OC(=O)[C@H](C)NP(=O)(OC[C@@]1(C#N)O[C@@H](c2ccc3c(N)ncnn23)[C@H](OC(=O)C(C)C)C1OC(=O)C(C)C)Oc1ccc(C(=O)N(C)C)cc1. The summed E-state index contributed by atoms with van der Waals surface area (Å²) in [6.45, 7) is 10.0. The fourth-order valence-electron chi connectivity index (χ4n) is 5.21. The lowest BCUT2D eigenvalue weighted by Crippen LogP contribution is -2.50. The Kier molecular flexibility index (Phi) is 13.1. The molecule has 19 heteroatoms. The number of anilines is 1. The first kappa shape index (κ1) is 41.7. The van der Waals surface area contributed by atoms with Crippen LogP contribution >= 0.6 is 7.75 Å². The summed E-state index contributed by atoms with van der Waals surface area (Å²) in [6, 6.07) is 9.51. The minimum atomic E-state index is -4.70. The van der Waals surface area contributed by atoms with Crippen molar-refractivity contribution in [3.63, 3.8) is 0 Å². The van der Waals surface area contributed by atoms with Gasteiger partial charge in [-0.25, -0.2) is 14.1 Å². The summed E-state index contributed by atoms with van der Waals surface area (Å²) in [6.07, 6.45) is -3.77. The van der Waals surface area contributed by atoms with Crippen LogP contribution in [0, 0.1) is 23.2 Å². The number of hydrogen-bond donors (Lipinski definition) is 2. The first-order chi connectivity index (χ1) is 25.3. The highest BCUT2D eigenvalue weighted by Gasteiger charge is 2.62. The maximum atomic E-state index is 14.6. The van der Waals surface area contributed by atoms with Crippen molar-refractivity contribution in [1.29, 1.82) is 5.26 Å². The van der Waals surface area contributed by atoms with Gasteiger partial charge in [0.15, 0.2) is 18.0 Å². The van der Waals surface area contributed by atoms with Crippen LogP contribution in [0.2, 0.25) is 0 Å². The van der Waals surface area contributed by atoms with Gasteiger partial charge >= 0.3 is 25.7 Å². The smallest absolute Gasteiger partial charge is 0.459 e. The molecule has 2 unspecified atom stereocenters. The van der Waals surface area contributed by atoms with E-state index < -0.39 is 80.2 Å². The number of amides is 1. The van der Waals surface area contributed by atoms with Gasteiger partial charge in [0.1, 0.15) is 42.4 Å². The van der Waals surface area contributed by atoms with E-state index in [1.54, 1.807) is 67.8 Å². The summed E-state index contributed by atoms with van der Waals surface area (Å²) >= 11 is 0. The monoisotopic (exact) mass is 771 g/mol. The molecule has 0 bridgehead atoms. The number of ether oxygens (including phenoxy) is 4. The Bertz CT molecular complexity index is 1940. The van der Waals surface area contributed by atoms with Crippen LogP contribution in [0.3, 0.4) is 0 Å². The number of fused-ring (bicyclic) bond motifs is 1. The standard InChI is InChI=1S/C35H46N7O11P/c1-19(2)32(44)50-28-27(25-14-15-26-30(37)38-18-39-42(25)26)52-35(16-36,29(28)51-33(45)20(3)4)17-48-54(47,40-22(7)34(46)49-21(5)6)53-24-12-10-23(11-13-24)31(43)41(8)9/h10-15,18-22,27-29H,17H2,1-9H3,(H,40,47)(H2,37,38,39)/t22-,27-,28-,29?,35+,54?/m0/s1. The van der Waals surface area contributed by atoms with Crippen molar-refractivity contribution in [1.82, 2.24) is 24.6 Å². The molecule has 18 nitrogen and oxygen atoms in total. The average Bonchev–Trinajstić information content (AvgIpc) is 3.67. The Balaban J connectivity index is 1.80. The number of rotatable bonds is 15. The molecule has 0 radical (unpaired) electrons. The maximum absolute atomic E-state index is 14.6. The molecule has 1 aromatic carbocycles. The number of nitriles is 1. The normalized spacial score (nSPS) is 21.4. The van der Waals surface area contributed by atoms with Gasteiger partial charge in [-0.15, -0.1) is 0 Å². The van der Waals surface area contributed by atoms with Crippen molar-refractivity contribution in [3.8, 4) is 11.8 Å². The van der Waals surface area contributed by atoms with E-state index in [0.29, 0.717) is 11.1 Å². The Morgan fingerprint density at radius 3 is 2.20 bits per heavy atom. The Morgan fingerprint density at radius 1 is 1.00 bits per heavy atom. The maximum Gasteiger partial charge on any atom is 0.459 e. The first-order valence-electron chi connectivity index (χ1n) is 17.1. The van der Waals surface area contributed by atoms with E-state index in [1.807, 2.05) is 6.07 Å². The van der Waals surface area contributed by atoms with Gasteiger partial charge in [-0.2, -0.15) is 15.4 Å². The summed E-state index contributed by atoms with van der Waals surface area (Å²) in [4.78, 5) is 57.0. The van der Waals surface area contributed by atoms with Crippen molar-refractivity contribution < 1.29 is 51.7 Å². The van der Waals surface area contributed by atoms with Crippen molar-refractivity contribution in [2.75, 3.05) is 26.4 Å². The molecule has 1 aliphatic heterocycles. The molecule has 3 heterocycles. The third-order valence-electron chi connectivity index (χ3n) is 8.06. The summed E-state index contributed by atoms with van der Waals surface area (Å²) in [5.41, 5.74) is 4.68. The first-order valence-corrected chi connectivity index (χ1v) is 18.7. The van der Waals surface area contributed by atoms with Gasteiger partial charge < -0.3 is 34.1 Å². The van der Waals surface area contributed by atoms with Crippen LogP contribution in [-0.4, -0.2) is 94.0 Å². The molecule has 1 aliphatic rings. The molecule has 0 spiro atoms. The lowest BCUT2D eigenvalue weighted by molar-refractivity contribution is -0.173. The quantitative estimate of drug-likeness (QED) is 0.127. The van der Waals surface area contributed by atoms with Crippen LogP contribution in [0.1, 0.15) is 70.6 Å². The van der Waals surface area contributed by atoms with Gasteiger partial charge in [-0.1, -0.05) is 27.7 Å². The van der Waals surface area contributed by atoms with E-state index in [4.69, 9.17) is 33.7 Å². The van der Waals surface area contributed by atoms with Gasteiger partial charge in [-0.3, -0.25) is 23.7 Å². The third-order valence-corrected chi connectivity index (χ3v) is 9.69. The molecule has 0 saturated carbocycles. The van der Waals surface area contributed by atoms with Crippen LogP contribution in [0.4, 0.5) is 5.82 Å². The molecule has 1 fully saturated rings. The zero-order valence-corrected chi connectivity index (χ0v) is 32.4.